The first-order valence-corrected chi connectivity index (χ1v) is 7.68. The van der Waals surface area contributed by atoms with Crippen molar-refractivity contribution in [3.8, 4) is 0 Å². The third-order valence-electron chi connectivity index (χ3n) is 4.18. The molecule has 1 saturated carbocycles. The van der Waals surface area contributed by atoms with E-state index in [2.05, 4.69) is 46.9 Å². The van der Waals surface area contributed by atoms with Crippen LogP contribution in [0.5, 0.6) is 0 Å². The van der Waals surface area contributed by atoms with E-state index in [0.717, 1.165) is 11.4 Å². The van der Waals surface area contributed by atoms with Crippen LogP contribution in [-0.2, 0) is 11.0 Å². The number of rotatable bonds is 1. The number of hydrogen-bond acceptors (Lipinski definition) is 3. The first-order valence-electron chi connectivity index (χ1n) is 6.80. The molecule has 1 aromatic heterocycles. The van der Waals surface area contributed by atoms with Gasteiger partial charge >= 0.3 is 0 Å². The molecule has 1 fully saturated rings. The van der Waals surface area contributed by atoms with Crippen LogP contribution in [0.2, 0.25) is 0 Å². The fraction of sp³-hybridized carbons (Fsp3) is 0.800. The van der Waals surface area contributed by atoms with Crippen LogP contribution in [-0.4, -0.2) is 4.98 Å². The van der Waals surface area contributed by atoms with Gasteiger partial charge in [0, 0.05) is 10.8 Å². The van der Waals surface area contributed by atoms with Crippen LogP contribution in [0.15, 0.2) is 5.38 Å². The average molecular weight is 266 g/mol. The van der Waals surface area contributed by atoms with Crippen molar-refractivity contribution in [3.63, 3.8) is 0 Å². The molecule has 0 spiro atoms. The Labute approximate surface area is 115 Å². The Bertz CT molecular complexity index is 442. The van der Waals surface area contributed by atoms with Crippen molar-refractivity contribution in [2.24, 2.45) is 17.1 Å². The second kappa shape index (κ2) is 4.04. The first kappa shape index (κ1) is 14.0. The molecule has 1 heterocycles. The van der Waals surface area contributed by atoms with Crippen LogP contribution in [0, 0.1) is 11.3 Å². The minimum absolute atomic E-state index is 0.114. The zero-order valence-corrected chi connectivity index (χ0v) is 13.3. The maximum absolute atomic E-state index is 6.70. The molecule has 0 aromatic carbocycles. The molecule has 0 aliphatic heterocycles. The maximum atomic E-state index is 6.70. The lowest BCUT2D eigenvalue weighted by atomic mass is 9.87. The molecule has 2 unspecified atom stereocenters. The Hall–Kier alpha value is -0.410. The molecular weight excluding hydrogens is 240 g/mol. The van der Waals surface area contributed by atoms with Crippen molar-refractivity contribution >= 4 is 11.3 Å². The molecule has 1 aromatic rings. The Morgan fingerprint density at radius 2 is 2.00 bits per heavy atom. The topological polar surface area (TPSA) is 38.9 Å². The summed E-state index contributed by atoms with van der Waals surface area (Å²) in [7, 11) is 0. The summed E-state index contributed by atoms with van der Waals surface area (Å²) in [6.07, 6.45) is 2.23. The van der Waals surface area contributed by atoms with E-state index in [4.69, 9.17) is 10.7 Å². The largest absolute Gasteiger partial charge is 0.319 e. The lowest BCUT2D eigenvalue weighted by molar-refractivity contribution is 0.327. The lowest BCUT2D eigenvalue weighted by Gasteiger charge is -2.27. The van der Waals surface area contributed by atoms with E-state index in [1.165, 1.54) is 12.1 Å². The quantitative estimate of drug-likeness (QED) is 0.833. The van der Waals surface area contributed by atoms with Crippen LogP contribution < -0.4 is 5.73 Å². The predicted molar refractivity (Wildman–Crippen MR) is 78.9 cm³/mol. The van der Waals surface area contributed by atoms with Gasteiger partial charge in [0.25, 0.3) is 0 Å². The van der Waals surface area contributed by atoms with E-state index in [-0.39, 0.29) is 11.0 Å². The molecule has 18 heavy (non-hydrogen) atoms. The summed E-state index contributed by atoms with van der Waals surface area (Å²) in [5.74, 6) is 0.506. The van der Waals surface area contributed by atoms with Gasteiger partial charge in [-0.1, -0.05) is 41.5 Å². The van der Waals surface area contributed by atoms with E-state index in [0.29, 0.717) is 11.3 Å². The molecule has 0 radical (unpaired) electrons. The lowest BCUT2D eigenvalue weighted by Crippen LogP contribution is -2.39. The highest BCUT2D eigenvalue weighted by molar-refractivity contribution is 7.09. The Kier molecular flexibility index (Phi) is 3.14. The number of nitrogens with two attached hydrogens (primary N) is 1. The maximum Gasteiger partial charge on any atom is 0.113 e. The summed E-state index contributed by atoms with van der Waals surface area (Å²) in [5, 5.41) is 3.31. The van der Waals surface area contributed by atoms with E-state index >= 15 is 0 Å². The summed E-state index contributed by atoms with van der Waals surface area (Å²) in [4.78, 5) is 4.84. The van der Waals surface area contributed by atoms with Gasteiger partial charge in [0.1, 0.15) is 5.01 Å². The number of nitrogens with zero attached hydrogens (tertiary/aromatic N) is 1. The average Bonchev–Trinajstić information content (AvgIpc) is 2.69. The van der Waals surface area contributed by atoms with E-state index in [9.17, 15) is 0 Å². The highest BCUT2D eigenvalue weighted by Gasteiger charge is 2.48. The molecule has 0 amide bonds. The molecule has 2 nitrogen and oxygen atoms in total. The van der Waals surface area contributed by atoms with Crippen LogP contribution in [0.4, 0.5) is 0 Å². The van der Waals surface area contributed by atoms with Crippen LogP contribution in [0.25, 0.3) is 0 Å². The molecule has 0 bridgehead atoms. The van der Waals surface area contributed by atoms with Gasteiger partial charge in [0.15, 0.2) is 0 Å². The van der Waals surface area contributed by atoms with Crippen LogP contribution in [0.3, 0.4) is 0 Å². The van der Waals surface area contributed by atoms with Crippen LogP contribution in [0.1, 0.15) is 65.1 Å². The van der Waals surface area contributed by atoms with Gasteiger partial charge in [-0.25, -0.2) is 4.98 Å². The van der Waals surface area contributed by atoms with Crippen molar-refractivity contribution in [2.45, 2.75) is 65.3 Å². The Morgan fingerprint density at radius 1 is 1.39 bits per heavy atom. The third kappa shape index (κ3) is 2.35. The highest BCUT2D eigenvalue weighted by atomic mass is 32.1. The van der Waals surface area contributed by atoms with Gasteiger partial charge in [0.2, 0.25) is 0 Å². The van der Waals surface area contributed by atoms with E-state index in [1.807, 2.05) is 0 Å². The highest BCUT2D eigenvalue weighted by Crippen LogP contribution is 2.51. The zero-order chi connectivity index (χ0) is 13.8. The molecule has 1 aliphatic carbocycles. The Morgan fingerprint density at radius 3 is 2.39 bits per heavy atom. The van der Waals surface area contributed by atoms with Gasteiger partial charge in [-0.3, -0.25) is 0 Å². The van der Waals surface area contributed by atoms with Crippen molar-refractivity contribution in [3.05, 3.63) is 16.1 Å². The summed E-state index contributed by atoms with van der Waals surface area (Å²) < 4.78 is 0. The minimum Gasteiger partial charge on any atom is -0.319 e. The van der Waals surface area contributed by atoms with Crippen molar-refractivity contribution < 1.29 is 0 Å². The third-order valence-corrected chi connectivity index (χ3v) is 5.22. The van der Waals surface area contributed by atoms with Crippen molar-refractivity contribution in [2.75, 3.05) is 0 Å². The monoisotopic (exact) mass is 266 g/mol. The molecule has 1 aliphatic rings. The van der Waals surface area contributed by atoms with E-state index < -0.39 is 0 Å². The normalized spacial score (nSPS) is 31.8. The first-order chi connectivity index (χ1) is 8.05. The summed E-state index contributed by atoms with van der Waals surface area (Å²) in [6, 6.07) is 0. The predicted octanol–water partition coefficient (Wildman–Crippen LogP) is 4.05. The van der Waals surface area contributed by atoms with Gasteiger partial charge < -0.3 is 5.73 Å². The molecule has 102 valence electrons. The summed E-state index contributed by atoms with van der Waals surface area (Å²) in [6.45, 7) is 13.5. The summed E-state index contributed by atoms with van der Waals surface area (Å²) >= 11 is 1.74. The van der Waals surface area contributed by atoms with Gasteiger partial charge in [-0.05, 0) is 24.2 Å². The molecule has 2 atom stereocenters. The second-order valence-electron chi connectivity index (χ2n) is 7.77. The number of aromatic nitrogens is 1. The van der Waals surface area contributed by atoms with Crippen molar-refractivity contribution in [1.82, 2.24) is 4.98 Å². The van der Waals surface area contributed by atoms with Gasteiger partial charge in [-0.15, -0.1) is 11.3 Å². The Balaban J connectivity index is 2.34. The zero-order valence-electron chi connectivity index (χ0n) is 12.5. The molecule has 3 heteroatoms. The molecule has 2 N–H and O–H groups in total. The second-order valence-corrected chi connectivity index (χ2v) is 8.63. The van der Waals surface area contributed by atoms with Crippen LogP contribution >= 0.6 is 11.3 Å². The minimum atomic E-state index is -0.225. The SMILES string of the molecule is CC1CC(C)(C)CC1(N)c1nc(C(C)(C)C)cs1. The fourth-order valence-corrected chi connectivity index (χ4v) is 4.44. The van der Waals surface area contributed by atoms with Gasteiger partial charge in [0.05, 0.1) is 11.2 Å². The summed E-state index contributed by atoms with van der Waals surface area (Å²) in [5.41, 5.74) is 8.10. The smallest absolute Gasteiger partial charge is 0.113 e. The fourth-order valence-electron chi connectivity index (χ4n) is 3.17. The molecular formula is C15H26N2S. The van der Waals surface area contributed by atoms with Crippen molar-refractivity contribution in [1.29, 1.82) is 0 Å². The number of thiazole rings is 1. The van der Waals surface area contributed by atoms with Gasteiger partial charge in [-0.2, -0.15) is 0 Å². The van der Waals surface area contributed by atoms with E-state index in [1.54, 1.807) is 11.3 Å². The number of hydrogen-bond donors (Lipinski definition) is 1. The standard InChI is InChI=1S/C15H26N2S/c1-10-7-14(5,6)9-15(10,16)12-17-11(8-18-12)13(2,3)4/h8,10H,7,9,16H2,1-6H3. The molecule has 0 saturated heterocycles. The molecule has 2 rings (SSSR count).